The van der Waals surface area contributed by atoms with Crippen molar-refractivity contribution in [3.05, 3.63) is 21.0 Å². The number of carboxylic acid groups (broad SMARTS) is 1. The van der Waals surface area contributed by atoms with Crippen LogP contribution in [0.4, 0.5) is 0 Å². The van der Waals surface area contributed by atoms with Crippen LogP contribution < -0.4 is 11.4 Å². The largest absolute Gasteiger partial charge is 0.481 e. The lowest BCUT2D eigenvalue weighted by Crippen LogP contribution is -2.19. The van der Waals surface area contributed by atoms with E-state index >= 15 is 0 Å². The summed E-state index contributed by atoms with van der Waals surface area (Å²) in [6, 6.07) is 0. The number of rotatable bonds is 4. The number of nitrogens with zero attached hydrogens (tertiary/aromatic N) is 1. The first-order valence-corrected chi connectivity index (χ1v) is 4.70. The second kappa shape index (κ2) is 3.72. The molecular formula is C8H10N4O4. The van der Waals surface area contributed by atoms with E-state index < -0.39 is 11.7 Å². The van der Waals surface area contributed by atoms with E-state index in [1.54, 1.807) is 0 Å². The standard InChI is InChI=1S/C8H10N4O4/c13-4(14)2-1-3-12-6-5(10-8(12)16)9-7(15)11-6/h1-3H2,(H,10,16)(H,13,14)(H2,9,11,15). The second-order valence-corrected chi connectivity index (χ2v) is 3.38. The summed E-state index contributed by atoms with van der Waals surface area (Å²) in [6.45, 7) is 0.249. The van der Waals surface area contributed by atoms with E-state index in [1.165, 1.54) is 4.57 Å². The van der Waals surface area contributed by atoms with Crippen molar-refractivity contribution in [2.45, 2.75) is 19.4 Å². The third kappa shape index (κ3) is 1.76. The highest BCUT2D eigenvalue weighted by Gasteiger charge is 2.09. The minimum absolute atomic E-state index is 0.0201. The second-order valence-electron chi connectivity index (χ2n) is 3.38. The summed E-state index contributed by atoms with van der Waals surface area (Å²) in [5.41, 5.74) is -0.0955. The van der Waals surface area contributed by atoms with Crippen LogP contribution in [0.1, 0.15) is 12.8 Å². The third-order valence-corrected chi connectivity index (χ3v) is 2.23. The van der Waals surface area contributed by atoms with Gasteiger partial charge in [0.05, 0.1) is 0 Å². The Balaban J connectivity index is 2.28. The van der Waals surface area contributed by atoms with Gasteiger partial charge in [0.1, 0.15) is 0 Å². The van der Waals surface area contributed by atoms with Crippen molar-refractivity contribution in [3.8, 4) is 0 Å². The molecule has 2 aromatic heterocycles. The summed E-state index contributed by atoms with van der Waals surface area (Å²) in [5, 5.41) is 8.47. The molecule has 4 N–H and O–H groups in total. The topological polar surface area (TPSA) is 124 Å². The quantitative estimate of drug-likeness (QED) is 0.545. The van der Waals surface area contributed by atoms with Crippen LogP contribution in [0.3, 0.4) is 0 Å². The van der Waals surface area contributed by atoms with Gasteiger partial charge in [0, 0.05) is 13.0 Å². The highest BCUT2D eigenvalue weighted by Crippen LogP contribution is 2.02. The first-order valence-electron chi connectivity index (χ1n) is 4.70. The van der Waals surface area contributed by atoms with Crippen LogP contribution in [-0.4, -0.2) is 30.6 Å². The van der Waals surface area contributed by atoms with Crippen LogP contribution in [-0.2, 0) is 11.3 Å². The minimum Gasteiger partial charge on any atom is -0.481 e. The van der Waals surface area contributed by atoms with E-state index in [0.29, 0.717) is 17.7 Å². The van der Waals surface area contributed by atoms with Crippen molar-refractivity contribution >= 4 is 17.3 Å². The van der Waals surface area contributed by atoms with Crippen molar-refractivity contribution in [3.63, 3.8) is 0 Å². The van der Waals surface area contributed by atoms with Crippen molar-refractivity contribution < 1.29 is 9.90 Å². The van der Waals surface area contributed by atoms with Crippen LogP contribution in [0.5, 0.6) is 0 Å². The highest BCUT2D eigenvalue weighted by atomic mass is 16.4. The van der Waals surface area contributed by atoms with Gasteiger partial charge in [-0.3, -0.25) is 24.3 Å². The Kier molecular flexibility index (Phi) is 2.39. The van der Waals surface area contributed by atoms with Gasteiger partial charge in [-0.25, -0.2) is 9.59 Å². The third-order valence-electron chi connectivity index (χ3n) is 2.23. The Hall–Kier alpha value is -2.25. The molecule has 8 nitrogen and oxygen atoms in total. The molecule has 2 heterocycles. The maximum absolute atomic E-state index is 11.4. The summed E-state index contributed by atoms with van der Waals surface area (Å²) in [7, 11) is 0. The predicted molar refractivity (Wildman–Crippen MR) is 54.4 cm³/mol. The molecule has 0 atom stereocenters. The number of aryl methyl sites for hydroxylation is 1. The number of aromatic amines is 3. The maximum Gasteiger partial charge on any atom is 0.328 e. The van der Waals surface area contributed by atoms with Crippen LogP contribution in [0.25, 0.3) is 11.3 Å². The molecule has 2 aromatic rings. The number of aromatic nitrogens is 4. The van der Waals surface area contributed by atoms with E-state index in [-0.39, 0.29) is 18.7 Å². The lowest BCUT2D eigenvalue weighted by Gasteiger charge is -1.98. The van der Waals surface area contributed by atoms with Gasteiger partial charge in [-0.2, -0.15) is 0 Å². The Morgan fingerprint density at radius 2 is 2.00 bits per heavy atom. The number of fused-ring (bicyclic) bond motifs is 1. The molecule has 0 aliphatic rings. The lowest BCUT2D eigenvalue weighted by molar-refractivity contribution is -0.137. The van der Waals surface area contributed by atoms with E-state index in [4.69, 9.17) is 5.11 Å². The summed E-state index contributed by atoms with van der Waals surface area (Å²) in [5.74, 6) is -0.914. The molecule has 0 bridgehead atoms. The average Bonchev–Trinajstić information content (AvgIpc) is 2.64. The number of hydrogen-bond acceptors (Lipinski definition) is 3. The van der Waals surface area contributed by atoms with Gasteiger partial charge >= 0.3 is 17.3 Å². The fraction of sp³-hybridized carbons (Fsp3) is 0.375. The number of imidazole rings is 2. The molecule has 86 valence electrons. The molecule has 2 rings (SSSR count). The van der Waals surface area contributed by atoms with Crippen molar-refractivity contribution in [2.75, 3.05) is 0 Å². The van der Waals surface area contributed by atoms with Gasteiger partial charge in [0.15, 0.2) is 11.3 Å². The van der Waals surface area contributed by atoms with Gasteiger partial charge in [-0.05, 0) is 6.42 Å². The van der Waals surface area contributed by atoms with Crippen LogP contribution >= 0.6 is 0 Å². The average molecular weight is 226 g/mol. The number of H-pyrrole nitrogens is 3. The molecule has 8 heteroatoms. The number of aliphatic carboxylic acids is 1. The summed E-state index contributed by atoms with van der Waals surface area (Å²) in [6.07, 6.45) is 0.309. The van der Waals surface area contributed by atoms with Gasteiger partial charge in [-0.1, -0.05) is 0 Å². The number of nitrogens with one attached hydrogen (secondary N) is 3. The van der Waals surface area contributed by atoms with E-state index in [0.717, 1.165) is 0 Å². The molecule has 0 aromatic carbocycles. The maximum atomic E-state index is 11.4. The van der Waals surface area contributed by atoms with Gasteiger partial charge in [-0.15, -0.1) is 0 Å². The SMILES string of the molecule is O=C(O)CCCn1c(=O)[nH]c2[nH]c(=O)[nH]c21. The molecule has 0 amide bonds. The molecular weight excluding hydrogens is 216 g/mol. The predicted octanol–water partition coefficient (Wildman–Crippen LogP) is -0.789. The fourth-order valence-electron chi connectivity index (χ4n) is 1.54. The molecule has 0 aliphatic heterocycles. The van der Waals surface area contributed by atoms with Crippen LogP contribution in [0.15, 0.2) is 9.59 Å². The zero-order chi connectivity index (χ0) is 11.7. The highest BCUT2D eigenvalue weighted by molar-refractivity contribution is 5.67. The molecule has 0 aliphatic carbocycles. The molecule has 0 saturated carbocycles. The normalized spacial score (nSPS) is 11.0. The first kappa shape index (κ1) is 10.3. The Morgan fingerprint density at radius 1 is 1.25 bits per heavy atom. The summed E-state index contributed by atoms with van der Waals surface area (Å²) < 4.78 is 1.30. The number of hydrogen-bond donors (Lipinski definition) is 4. The van der Waals surface area contributed by atoms with Crippen LogP contribution in [0.2, 0.25) is 0 Å². The van der Waals surface area contributed by atoms with Gasteiger partial charge in [0.25, 0.3) is 0 Å². The smallest absolute Gasteiger partial charge is 0.328 e. The van der Waals surface area contributed by atoms with Crippen molar-refractivity contribution in [2.24, 2.45) is 0 Å². The Morgan fingerprint density at radius 3 is 2.69 bits per heavy atom. The monoisotopic (exact) mass is 226 g/mol. The van der Waals surface area contributed by atoms with Crippen molar-refractivity contribution in [1.82, 2.24) is 19.5 Å². The Labute approximate surface area is 87.9 Å². The van der Waals surface area contributed by atoms with E-state index in [1.807, 2.05) is 0 Å². The molecule has 0 spiro atoms. The van der Waals surface area contributed by atoms with E-state index in [9.17, 15) is 14.4 Å². The Bertz CT molecular complexity index is 628. The minimum atomic E-state index is -0.914. The van der Waals surface area contributed by atoms with Gasteiger partial charge < -0.3 is 5.11 Å². The zero-order valence-electron chi connectivity index (χ0n) is 8.24. The number of carboxylic acids is 1. The number of carbonyl (C=O) groups is 1. The summed E-state index contributed by atoms with van der Waals surface area (Å²) in [4.78, 5) is 40.0. The molecule has 16 heavy (non-hydrogen) atoms. The van der Waals surface area contributed by atoms with Crippen molar-refractivity contribution in [1.29, 1.82) is 0 Å². The first-order chi connectivity index (χ1) is 7.58. The lowest BCUT2D eigenvalue weighted by atomic mass is 10.3. The summed E-state index contributed by atoms with van der Waals surface area (Å²) >= 11 is 0. The molecule has 0 unspecified atom stereocenters. The fourth-order valence-corrected chi connectivity index (χ4v) is 1.54. The van der Waals surface area contributed by atoms with Crippen LogP contribution in [0, 0.1) is 0 Å². The zero-order valence-corrected chi connectivity index (χ0v) is 8.24. The molecule has 0 fully saturated rings. The molecule has 0 saturated heterocycles. The van der Waals surface area contributed by atoms with Gasteiger partial charge in [0.2, 0.25) is 0 Å². The molecule has 0 radical (unpaired) electrons. The van der Waals surface area contributed by atoms with E-state index in [2.05, 4.69) is 15.0 Å².